The molecule has 3 rings (SSSR count). The van der Waals surface area contributed by atoms with Crippen molar-refractivity contribution in [1.29, 1.82) is 5.26 Å². The van der Waals surface area contributed by atoms with Gasteiger partial charge in [-0.15, -0.1) is 0 Å². The fraction of sp³-hybridized carbons (Fsp3) is 0.304. The number of nitrogens with one attached hydrogen (secondary N) is 1. The highest BCUT2D eigenvalue weighted by atomic mass is 15.1. The Morgan fingerprint density at radius 1 is 1.19 bits per heavy atom. The van der Waals surface area contributed by atoms with Crippen LogP contribution in [-0.2, 0) is 19.4 Å². The molecule has 0 saturated carbocycles. The van der Waals surface area contributed by atoms with Crippen LogP contribution in [0.4, 0.5) is 5.69 Å². The SMILES string of the molecule is CCc1cc(C#N)ccc1N(Cc1cnc[nH]1)C[C@H](C)Cc1ccccc1. The van der Waals surface area contributed by atoms with Gasteiger partial charge >= 0.3 is 0 Å². The molecule has 1 atom stereocenters. The third-order valence-corrected chi connectivity index (χ3v) is 4.81. The van der Waals surface area contributed by atoms with Gasteiger partial charge in [0.05, 0.1) is 30.2 Å². The Morgan fingerprint density at radius 3 is 2.67 bits per heavy atom. The molecule has 0 aliphatic heterocycles. The Kier molecular flexibility index (Phi) is 6.27. The number of aromatic nitrogens is 2. The highest BCUT2D eigenvalue weighted by Crippen LogP contribution is 2.26. The lowest BCUT2D eigenvalue weighted by Gasteiger charge is -2.29. The van der Waals surface area contributed by atoms with Crippen LogP contribution in [0.5, 0.6) is 0 Å². The number of hydrogen-bond donors (Lipinski definition) is 1. The van der Waals surface area contributed by atoms with Gasteiger partial charge in [-0.3, -0.25) is 0 Å². The van der Waals surface area contributed by atoms with Crippen LogP contribution < -0.4 is 4.90 Å². The summed E-state index contributed by atoms with van der Waals surface area (Å²) in [5.74, 6) is 0.496. The van der Waals surface area contributed by atoms with Crippen molar-refractivity contribution in [2.45, 2.75) is 33.2 Å². The minimum absolute atomic E-state index is 0.496. The zero-order chi connectivity index (χ0) is 19.1. The van der Waals surface area contributed by atoms with Crippen LogP contribution >= 0.6 is 0 Å². The summed E-state index contributed by atoms with van der Waals surface area (Å²) in [6, 6.07) is 18.9. The summed E-state index contributed by atoms with van der Waals surface area (Å²) in [4.78, 5) is 9.78. The van der Waals surface area contributed by atoms with Crippen molar-refractivity contribution in [1.82, 2.24) is 9.97 Å². The van der Waals surface area contributed by atoms with Crippen molar-refractivity contribution in [3.63, 3.8) is 0 Å². The van der Waals surface area contributed by atoms with Gasteiger partial charge in [-0.05, 0) is 48.1 Å². The van der Waals surface area contributed by atoms with Crippen LogP contribution in [0.1, 0.15) is 36.2 Å². The molecule has 1 heterocycles. The van der Waals surface area contributed by atoms with Gasteiger partial charge in [0.15, 0.2) is 0 Å². The van der Waals surface area contributed by atoms with Gasteiger partial charge in [-0.1, -0.05) is 44.2 Å². The zero-order valence-electron chi connectivity index (χ0n) is 16.0. The molecule has 3 aromatic rings. The van der Waals surface area contributed by atoms with Crippen LogP contribution in [0, 0.1) is 17.2 Å². The lowest BCUT2D eigenvalue weighted by atomic mass is 9.99. The number of rotatable bonds is 8. The first kappa shape index (κ1) is 18.7. The lowest BCUT2D eigenvalue weighted by Crippen LogP contribution is -2.30. The fourth-order valence-corrected chi connectivity index (χ4v) is 3.53. The van der Waals surface area contributed by atoms with E-state index in [0.29, 0.717) is 5.92 Å². The first-order valence-electron chi connectivity index (χ1n) is 9.48. The van der Waals surface area contributed by atoms with E-state index in [1.807, 2.05) is 18.3 Å². The van der Waals surface area contributed by atoms with Gasteiger partial charge in [0, 0.05) is 18.4 Å². The summed E-state index contributed by atoms with van der Waals surface area (Å²) >= 11 is 0. The number of anilines is 1. The number of nitriles is 1. The molecule has 0 saturated heterocycles. The summed E-state index contributed by atoms with van der Waals surface area (Å²) in [6.45, 7) is 6.15. The van der Waals surface area contributed by atoms with Crippen LogP contribution in [0.15, 0.2) is 61.1 Å². The molecule has 27 heavy (non-hydrogen) atoms. The molecule has 4 heteroatoms. The third kappa shape index (κ3) is 4.98. The maximum Gasteiger partial charge on any atom is 0.0991 e. The normalized spacial score (nSPS) is 11.7. The van der Waals surface area contributed by atoms with E-state index in [2.05, 4.69) is 71.2 Å². The standard InChI is InChI=1S/C23H26N4/c1-3-21-12-20(13-24)9-10-23(21)27(16-22-14-25-17-26-22)15-18(2)11-19-7-5-4-6-8-19/h4-10,12,14,17-18H,3,11,15-16H2,1-2H3,(H,25,26)/t18-/m1/s1. The van der Waals surface area contributed by atoms with Crippen LogP contribution in [0.2, 0.25) is 0 Å². The average molecular weight is 358 g/mol. The molecule has 4 nitrogen and oxygen atoms in total. The molecule has 1 aromatic heterocycles. The van der Waals surface area contributed by atoms with Gasteiger partial charge < -0.3 is 9.88 Å². The van der Waals surface area contributed by atoms with Gasteiger partial charge in [0.2, 0.25) is 0 Å². The minimum atomic E-state index is 0.496. The topological polar surface area (TPSA) is 55.7 Å². The molecule has 0 aliphatic rings. The first-order chi connectivity index (χ1) is 13.2. The number of aromatic amines is 1. The van der Waals surface area contributed by atoms with Crippen LogP contribution in [0.25, 0.3) is 0 Å². The van der Waals surface area contributed by atoms with Crippen LogP contribution in [0.3, 0.4) is 0 Å². The molecule has 0 unspecified atom stereocenters. The number of imidazole rings is 1. The van der Waals surface area contributed by atoms with E-state index < -0.39 is 0 Å². The van der Waals surface area contributed by atoms with Crippen molar-refractivity contribution in [3.8, 4) is 6.07 Å². The smallest absolute Gasteiger partial charge is 0.0991 e. The van der Waals surface area contributed by atoms with Gasteiger partial charge in [0.1, 0.15) is 0 Å². The Labute approximate surface area is 161 Å². The summed E-state index contributed by atoms with van der Waals surface area (Å²) in [5.41, 5.74) is 5.58. The number of H-pyrrole nitrogens is 1. The average Bonchev–Trinajstić information content (AvgIpc) is 3.20. The van der Waals surface area contributed by atoms with Crippen LogP contribution in [-0.4, -0.2) is 16.5 Å². The largest absolute Gasteiger partial charge is 0.365 e. The Morgan fingerprint density at radius 2 is 2.00 bits per heavy atom. The molecule has 0 bridgehead atoms. The van der Waals surface area contributed by atoms with E-state index in [1.54, 1.807) is 6.33 Å². The maximum absolute atomic E-state index is 9.23. The first-order valence-corrected chi connectivity index (χ1v) is 9.48. The van der Waals surface area contributed by atoms with Gasteiger partial charge in [-0.2, -0.15) is 5.26 Å². The molecule has 2 aromatic carbocycles. The van der Waals surface area contributed by atoms with E-state index in [4.69, 9.17) is 0 Å². The predicted octanol–water partition coefficient (Wildman–Crippen LogP) is 4.73. The maximum atomic E-state index is 9.23. The minimum Gasteiger partial charge on any atom is -0.365 e. The van der Waals surface area contributed by atoms with E-state index >= 15 is 0 Å². The molecule has 0 fully saturated rings. The highest BCUT2D eigenvalue weighted by molar-refractivity contribution is 5.57. The molecule has 138 valence electrons. The molecular weight excluding hydrogens is 332 g/mol. The second-order valence-corrected chi connectivity index (χ2v) is 7.06. The number of hydrogen-bond acceptors (Lipinski definition) is 3. The van der Waals surface area contributed by atoms with Crippen molar-refractivity contribution in [2.75, 3.05) is 11.4 Å². The van der Waals surface area contributed by atoms with Crippen molar-refractivity contribution < 1.29 is 0 Å². The number of aryl methyl sites for hydroxylation is 1. The van der Waals surface area contributed by atoms with Crippen molar-refractivity contribution >= 4 is 5.69 Å². The Bertz CT molecular complexity index is 878. The quantitative estimate of drug-likeness (QED) is 0.633. The Balaban J connectivity index is 1.84. The molecule has 0 aliphatic carbocycles. The van der Waals surface area contributed by atoms with Crippen molar-refractivity contribution in [2.24, 2.45) is 5.92 Å². The molecule has 0 radical (unpaired) electrons. The summed E-state index contributed by atoms with van der Waals surface area (Å²) in [6.07, 6.45) is 5.54. The fourth-order valence-electron chi connectivity index (χ4n) is 3.53. The van der Waals surface area contributed by atoms with E-state index in [1.165, 1.54) is 16.8 Å². The Hall–Kier alpha value is -3.06. The summed E-state index contributed by atoms with van der Waals surface area (Å²) in [7, 11) is 0. The number of benzene rings is 2. The van der Waals surface area contributed by atoms with Gasteiger partial charge in [0.25, 0.3) is 0 Å². The zero-order valence-corrected chi connectivity index (χ0v) is 16.0. The third-order valence-electron chi connectivity index (χ3n) is 4.81. The molecule has 0 amide bonds. The van der Waals surface area contributed by atoms with E-state index in [0.717, 1.165) is 37.2 Å². The van der Waals surface area contributed by atoms with E-state index in [-0.39, 0.29) is 0 Å². The van der Waals surface area contributed by atoms with Gasteiger partial charge in [-0.25, -0.2) is 4.98 Å². The highest BCUT2D eigenvalue weighted by Gasteiger charge is 2.16. The molecular formula is C23H26N4. The molecule has 1 N–H and O–H groups in total. The molecule has 0 spiro atoms. The second kappa shape index (κ2) is 9.05. The van der Waals surface area contributed by atoms with E-state index in [9.17, 15) is 5.26 Å². The summed E-state index contributed by atoms with van der Waals surface area (Å²) in [5, 5.41) is 9.23. The monoisotopic (exact) mass is 358 g/mol. The second-order valence-electron chi connectivity index (χ2n) is 7.06. The predicted molar refractivity (Wildman–Crippen MR) is 109 cm³/mol. The van der Waals surface area contributed by atoms with Crippen molar-refractivity contribution in [3.05, 3.63) is 83.4 Å². The lowest BCUT2D eigenvalue weighted by molar-refractivity contribution is 0.553. The summed E-state index contributed by atoms with van der Waals surface area (Å²) < 4.78 is 0. The number of nitrogens with zero attached hydrogens (tertiary/aromatic N) is 3.